The molecule has 2 heterocycles. The zero-order valence-electron chi connectivity index (χ0n) is 12.7. The third-order valence-electron chi connectivity index (χ3n) is 4.10. The van der Waals surface area contributed by atoms with Gasteiger partial charge in [-0.3, -0.25) is 9.78 Å². The Morgan fingerprint density at radius 1 is 1.04 bits per heavy atom. The van der Waals surface area contributed by atoms with E-state index < -0.39 is 0 Å². The van der Waals surface area contributed by atoms with Gasteiger partial charge in [0.05, 0.1) is 16.8 Å². The molecule has 1 amide bonds. The molecule has 0 unspecified atom stereocenters. The van der Waals surface area contributed by atoms with Crippen LogP contribution in [0.25, 0.3) is 27.4 Å². The second-order valence-electron chi connectivity index (χ2n) is 5.38. The standard InChI is InChI=1S/C19H15N3O/c1-20-19(23)16-12-22(17-7-3-2-6-14(16)17)18-8-4-5-13-9-10-21-11-15(13)18/h2-12H,1H3,(H,20,23). The van der Waals surface area contributed by atoms with Gasteiger partial charge in [-0.05, 0) is 23.6 Å². The van der Waals surface area contributed by atoms with E-state index in [1.807, 2.05) is 54.9 Å². The van der Waals surface area contributed by atoms with Crippen LogP contribution in [0.15, 0.2) is 67.1 Å². The van der Waals surface area contributed by atoms with E-state index in [1.165, 1.54) is 0 Å². The van der Waals surface area contributed by atoms with Gasteiger partial charge >= 0.3 is 0 Å². The summed E-state index contributed by atoms with van der Waals surface area (Å²) >= 11 is 0. The fourth-order valence-corrected chi connectivity index (χ4v) is 3.00. The maximum absolute atomic E-state index is 12.2. The highest BCUT2D eigenvalue weighted by Gasteiger charge is 2.15. The summed E-state index contributed by atoms with van der Waals surface area (Å²) in [4.78, 5) is 16.4. The number of nitrogens with zero attached hydrogens (tertiary/aromatic N) is 2. The summed E-state index contributed by atoms with van der Waals surface area (Å²) < 4.78 is 2.06. The van der Waals surface area contributed by atoms with Crippen molar-refractivity contribution in [3.63, 3.8) is 0 Å². The first-order valence-corrected chi connectivity index (χ1v) is 7.45. The fourth-order valence-electron chi connectivity index (χ4n) is 3.00. The van der Waals surface area contributed by atoms with Crippen LogP contribution >= 0.6 is 0 Å². The number of amides is 1. The summed E-state index contributed by atoms with van der Waals surface area (Å²) in [6, 6.07) is 16.0. The van der Waals surface area contributed by atoms with Gasteiger partial charge in [0.25, 0.3) is 5.91 Å². The molecule has 23 heavy (non-hydrogen) atoms. The summed E-state index contributed by atoms with van der Waals surface area (Å²) in [6.45, 7) is 0. The predicted octanol–water partition coefficient (Wildman–Crippen LogP) is 3.54. The van der Waals surface area contributed by atoms with Gasteiger partial charge in [-0.15, -0.1) is 0 Å². The molecule has 1 N–H and O–H groups in total. The van der Waals surface area contributed by atoms with Crippen LogP contribution in [0, 0.1) is 0 Å². The highest BCUT2D eigenvalue weighted by atomic mass is 16.1. The molecule has 4 heteroatoms. The lowest BCUT2D eigenvalue weighted by atomic mass is 10.1. The van der Waals surface area contributed by atoms with Gasteiger partial charge in [0, 0.05) is 36.4 Å². The Balaban J connectivity index is 2.07. The Morgan fingerprint density at radius 3 is 2.78 bits per heavy atom. The van der Waals surface area contributed by atoms with Crippen molar-refractivity contribution in [1.82, 2.24) is 14.9 Å². The van der Waals surface area contributed by atoms with Crippen LogP contribution in [0.1, 0.15) is 10.4 Å². The second kappa shape index (κ2) is 5.25. The molecule has 0 aliphatic carbocycles. The molecule has 0 saturated heterocycles. The number of hydrogen-bond acceptors (Lipinski definition) is 2. The lowest BCUT2D eigenvalue weighted by molar-refractivity contribution is 0.0964. The minimum atomic E-state index is -0.0849. The smallest absolute Gasteiger partial charge is 0.253 e. The highest BCUT2D eigenvalue weighted by molar-refractivity contribution is 6.08. The van der Waals surface area contributed by atoms with Crippen molar-refractivity contribution in [2.75, 3.05) is 7.05 Å². The van der Waals surface area contributed by atoms with Crippen LogP contribution in [0.3, 0.4) is 0 Å². The molecule has 0 aliphatic heterocycles. The van der Waals surface area contributed by atoms with Crippen molar-refractivity contribution in [3.8, 4) is 5.69 Å². The van der Waals surface area contributed by atoms with E-state index in [4.69, 9.17) is 0 Å². The molecular formula is C19H15N3O. The summed E-state index contributed by atoms with van der Waals surface area (Å²) in [5.41, 5.74) is 2.69. The topological polar surface area (TPSA) is 46.9 Å². The SMILES string of the molecule is CNC(=O)c1cn(-c2cccc3ccncc23)c2ccccc12. The highest BCUT2D eigenvalue weighted by Crippen LogP contribution is 2.28. The number of para-hydroxylation sites is 1. The van der Waals surface area contributed by atoms with Crippen molar-refractivity contribution in [2.24, 2.45) is 0 Å². The average Bonchev–Trinajstić information content (AvgIpc) is 3.00. The molecule has 4 aromatic rings. The monoisotopic (exact) mass is 301 g/mol. The molecule has 0 bridgehead atoms. The van der Waals surface area contributed by atoms with Crippen LogP contribution in [0.5, 0.6) is 0 Å². The van der Waals surface area contributed by atoms with Crippen LogP contribution in [0.2, 0.25) is 0 Å². The summed E-state index contributed by atoms with van der Waals surface area (Å²) in [7, 11) is 1.65. The van der Waals surface area contributed by atoms with Crippen molar-refractivity contribution < 1.29 is 4.79 Å². The largest absolute Gasteiger partial charge is 0.355 e. The van der Waals surface area contributed by atoms with Crippen molar-refractivity contribution in [1.29, 1.82) is 0 Å². The Bertz CT molecular complexity index is 1030. The molecule has 0 radical (unpaired) electrons. The molecule has 0 saturated carbocycles. The number of benzene rings is 2. The minimum Gasteiger partial charge on any atom is -0.355 e. The zero-order valence-corrected chi connectivity index (χ0v) is 12.7. The maximum atomic E-state index is 12.2. The fraction of sp³-hybridized carbons (Fsp3) is 0.0526. The van der Waals surface area contributed by atoms with Gasteiger partial charge in [-0.2, -0.15) is 0 Å². The third-order valence-corrected chi connectivity index (χ3v) is 4.10. The quantitative estimate of drug-likeness (QED) is 0.615. The maximum Gasteiger partial charge on any atom is 0.253 e. The van der Waals surface area contributed by atoms with E-state index in [0.29, 0.717) is 5.56 Å². The van der Waals surface area contributed by atoms with E-state index in [1.54, 1.807) is 13.2 Å². The molecular weight excluding hydrogens is 286 g/mol. The molecule has 0 atom stereocenters. The van der Waals surface area contributed by atoms with E-state index in [-0.39, 0.29) is 5.91 Å². The van der Waals surface area contributed by atoms with Crippen molar-refractivity contribution >= 4 is 27.6 Å². The summed E-state index contributed by atoms with van der Waals surface area (Å²) in [5, 5.41) is 5.83. The number of carbonyl (C=O) groups excluding carboxylic acids is 1. The van der Waals surface area contributed by atoms with Crippen LogP contribution in [-0.4, -0.2) is 22.5 Å². The molecule has 2 aromatic carbocycles. The van der Waals surface area contributed by atoms with E-state index in [9.17, 15) is 4.79 Å². The molecule has 0 fully saturated rings. The Labute approximate surface area is 133 Å². The number of rotatable bonds is 2. The van der Waals surface area contributed by atoms with E-state index >= 15 is 0 Å². The first kappa shape index (κ1) is 13.5. The Kier molecular flexibility index (Phi) is 3.08. The lowest BCUT2D eigenvalue weighted by Gasteiger charge is -2.09. The second-order valence-corrected chi connectivity index (χ2v) is 5.38. The number of aromatic nitrogens is 2. The Hall–Kier alpha value is -3.14. The zero-order chi connectivity index (χ0) is 15.8. The number of pyridine rings is 1. The molecule has 4 rings (SSSR count). The average molecular weight is 301 g/mol. The van der Waals surface area contributed by atoms with Gasteiger partial charge in [0.15, 0.2) is 0 Å². The minimum absolute atomic E-state index is 0.0849. The first-order valence-electron chi connectivity index (χ1n) is 7.45. The van der Waals surface area contributed by atoms with Gasteiger partial charge in [-0.1, -0.05) is 30.3 Å². The number of carbonyl (C=O) groups is 1. The molecule has 0 aliphatic rings. The van der Waals surface area contributed by atoms with Gasteiger partial charge in [0.2, 0.25) is 0 Å². The number of hydrogen-bond donors (Lipinski definition) is 1. The van der Waals surface area contributed by atoms with E-state index in [0.717, 1.165) is 27.4 Å². The van der Waals surface area contributed by atoms with Gasteiger partial charge in [-0.25, -0.2) is 0 Å². The van der Waals surface area contributed by atoms with Gasteiger partial charge in [0.1, 0.15) is 0 Å². The number of fused-ring (bicyclic) bond motifs is 2. The summed E-state index contributed by atoms with van der Waals surface area (Å²) in [6.07, 6.45) is 5.54. The lowest BCUT2D eigenvalue weighted by Crippen LogP contribution is -2.17. The predicted molar refractivity (Wildman–Crippen MR) is 92.0 cm³/mol. The molecule has 112 valence electrons. The molecule has 4 nitrogen and oxygen atoms in total. The van der Waals surface area contributed by atoms with Crippen LogP contribution in [-0.2, 0) is 0 Å². The molecule has 0 spiro atoms. The normalized spacial score (nSPS) is 11.0. The number of nitrogens with one attached hydrogen (secondary N) is 1. The van der Waals surface area contributed by atoms with Crippen molar-refractivity contribution in [3.05, 3.63) is 72.7 Å². The first-order chi connectivity index (χ1) is 11.3. The third kappa shape index (κ3) is 2.07. The van der Waals surface area contributed by atoms with Crippen molar-refractivity contribution in [2.45, 2.75) is 0 Å². The van der Waals surface area contributed by atoms with Crippen LogP contribution < -0.4 is 5.32 Å². The summed E-state index contributed by atoms with van der Waals surface area (Å²) in [5.74, 6) is -0.0849. The van der Waals surface area contributed by atoms with E-state index in [2.05, 4.69) is 20.9 Å². The Morgan fingerprint density at radius 2 is 1.91 bits per heavy atom. The molecule has 2 aromatic heterocycles. The van der Waals surface area contributed by atoms with Crippen LogP contribution in [0.4, 0.5) is 0 Å². The van der Waals surface area contributed by atoms with Gasteiger partial charge < -0.3 is 9.88 Å².